The molecule has 1 aromatic carbocycles. The minimum absolute atomic E-state index is 0.676. The molecule has 1 heterocycles. The van der Waals surface area contributed by atoms with Gasteiger partial charge in [0.1, 0.15) is 0 Å². The van der Waals surface area contributed by atoms with Gasteiger partial charge in [-0.1, -0.05) is 17.7 Å². The van der Waals surface area contributed by atoms with Gasteiger partial charge in [-0.15, -0.1) is 0 Å². The molecule has 1 saturated heterocycles. The Morgan fingerprint density at radius 2 is 2.07 bits per heavy atom. The Hall–Kier alpha value is -0.530. The minimum atomic E-state index is 0.676. The van der Waals surface area contributed by atoms with Crippen LogP contribution in [0.1, 0.15) is 35.4 Å². The summed E-state index contributed by atoms with van der Waals surface area (Å²) in [5.41, 5.74) is 4.01. The van der Waals surface area contributed by atoms with E-state index in [1.54, 1.807) is 0 Å². The van der Waals surface area contributed by atoms with Crippen LogP contribution in [0.5, 0.6) is 0 Å². The van der Waals surface area contributed by atoms with Gasteiger partial charge in [0.2, 0.25) is 0 Å². The Kier molecular flexibility index (Phi) is 3.32. The van der Waals surface area contributed by atoms with Gasteiger partial charge in [0.05, 0.1) is 0 Å². The summed E-state index contributed by atoms with van der Waals surface area (Å²) in [5.74, 6) is 0.676. The fraction of sp³-hybridized carbons (Fsp3) is 0.538. The van der Waals surface area contributed by atoms with E-state index in [0.29, 0.717) is 5.92 Å². The van der Waals surface area contributed by atoms with Crippen molar-refractivity contribution in [1.82, 2.24) is 5.32 Å². The topological polar surface area (TPSA) is 12.0 Å². The van der Waals surface area contributed by atoms with E-state index in [2.05, 4.69) is 31.3 Å². The minimum Gasteiger partial charge on any atom is -0.316 e. The van der Waals surface area contributed by atoms with Gasteiger partial charge in [-0.25, -0.2) is 0 Å². The van der Waals surface area contributed by atoms with Crippen LogP contribution < -0.4 is 5.32 Å². The number of rotatable bonds is 1. The molecule has 15 heavy (non-hydrogen) atoms. The highest BCUT2D eigenvalue weighted by molar-refractivity contribution is 6.31. The zero-order chi connectivity index (χ0) is 10.8. The summed E-state index contributed by atoms with van der Waals surface area (Å²) in [6.45, 7) is 6.53. The number of piperidine rings is 1. The largest absolute Gasteiger partial charge is 0.316 e. The average Bonchev–Trinajstić information content (AvgIpc) is 2.25. The van der Waals surface area contributed by atoms with Gasteiger partial charge in [-0.2, -0.15) is 0 Å². The Bertz CT molecular complexity index is 354. The Morgan fingerprint density at radius 1 is 1.27 bits per heavy atom. The molecule has 1 aliphatic rings. The molecule has 0 saturated carbocycles. The van der Waals surface area contributed by atoms with Crippen molar-refractivity contribution in [2.75, 3.05) is 13.1 Å². The third-order valence-corrected chi connectivity index (χ3v) is 3.69. The number of nitrogens with one attached hydrogen (secondary N) is 1. The van der Waals surface area contributed by atoms with Crippen molar-refractivity contribution >= 4 is 11.6 Å². The SMILES string of the molecule is Cc1cc(C2CCCNC2)c(C)cc1Cl. The first kappa shape index (κ1) is 11.0. The van der Waals surface area contributed by atoms with E-state index in [4.69, 9.17) is 11.6 Å². The fourth-order valence-electron chi connectivity index (χ4n) is 2.36. The molecule has 1 nitrogen and oxygen atoms in total. The molecule has 1 atom stereocenters. The summed E-state index contributed by atoms with van der Waals surface area (Å²) in [5, 5.41) is 4.35. The van der Waals surface area contributed by atoms with Crippen LogP contribution >= 0.6 is 11.6 Å². The summed E-state index contributed by atoms with van der Waals surface area (Å²) >= 11 is 6.11. The monoisotopic (exact) mass is 223 g/mol. The zero-order valence-electron chi connectivity index (χ0n) is 9.44. The molecule has 0 aliphatic carbocycles. The third kappa shape index (κ3) is 2.35. The number of hydrogen-bond donors (Lipinski definition) is 1. The van der Waals surface area contributed by atoms with E-state index in [-0.39, 0.29) is 0 Å². The van der Waals surface area contributed by atoms with Crippen molar-refractivity contribution in [2.24, 2.45) is 0 Å². The smallest absolute Gasteiger partial charge is 0.0438 e. The van der Waals surface area contributed by atoms with E-state index >= 15 is 0 Å². The quantitative estimate of drug-likeness (QED) is 0.770. The summed E-state index contributed by atoms with van der Waals surface area (Å²) in [6, 6.07) is 4.36. The molecule has 0 amide bonds. The van der Waals surface area contributed by atoms with Crippen molar-refractivity contribution in [1.29, 1.82) is 0 Å². The highest BCUT2D eigenvalue weighted by atomic mass is 35.5. The van der Waals surface area contributed by atoms with Crippen molar-refractivity contribution in [2.45, 2.75) is 32.6 Å². The summed E-state index contributed by atoms with van der Waals surface area (Å²) < 4.78 is 0. The summed E-state index contributed by atoms with van der Waals surface area (Å²) in [6.07, 6.45) is 2.58. The van der Waals surface area contributed by atoms with Crippen molar-refractivity contribution in [3.05, 3.63) is 33.8 Å². The van der Waals surface area contributed by atoms with Gasteiger partial charge in [0, 0.05) is 11.6 Å². The van der Waals surface area contributed by atoms with Crippen molar-refractivity contribution in [3.63, 3.8) is 0 Å². The molecule has 1 aliphatic heterocycles. The second-order valence-electron chi connectivity index (χ2n) is 4.50. The molecular weight excluding hydrogens is 206 g/mol. The molecular formula is C13H18ClN. The lowest BCUT2D eigenvalue weighted by molar-refractivity contribution is 0.460. The molecule has 0 radical (unpaired) electrons. The predicted octanol–water partition coefficient (Wildman–Crippen LogP) is 3.42. The Labute approximate surface area is 96.8 Å². The Balaban J connectivity index is 2.30. The molecule has 0 spiro atoms. The molecule has 2 rings (SSSR count). The standard InChI is InChI=1S/C13H18ClN/c1-9-7-13(14)10(2)6-12(9)11-4-3-5-15-8-11/h6-7,11,15H,3-5,8H2,1-2H3. The second kappa shape index (κ2) is 4.54. The Morgan fingerprint density at radius 3 is 2.73 bits per heavy atom. The molecule has 1 aromatic rings. The third-order valence-electron chi connectivity index (χ3n) is 3.28. The maximum Gasteiger partial charge on any atom is 0.0438 e. The molecule has 2 heteroatoms. The lowest BCUT2D eigenvalue weighted by Gasteiger charge is -2.25. The molecule has 1 N–H and O–H groups in total. The maximum atomic E-state index is 6.11. The van der Waals surface area contributed by atoms with Gasteiger partial charge in [-0.05, 0) is 61.9 Å². The van der Waals surface area contributed by atoms with Crippen LogP contribution in [0.2, 0.25) is 5.02 Å². The second-order valence-corrected chi connectivity index (χ2v) is 4.91. The average molecular weight is 224 g/mol. The van der Waals surface area contributed by atoms with Crippen molar-refractivity contribution in [3.8, 4) is 0 Å². The van der Waals surface area contributed by atoms with Crippen LogP contribution in [-0.2, 0) is 0 Å². The molecule has 0 aromatic heterocycles. The van der Waals surface area contributed by atoms with Gasteiger partial charge in [-0.3, -0.25) is 0 Å². The molecule has 1 unspecified atom stereocenters. The van der Waals surface area contributed by atoms with Gasteiger partial charge in [0.25, 0.3) is 0 Å². The number of hydrogen-bond acceptors (Lipinski definition) is 1. The van der Waals surface area contributed by atoms with Gasteiger partial charge < -0.3 is 5.32 Å². The van der Waals surface area contributed by atoms with Crippen LogP contribution in [0.4, 0.5) is 0 Å². The predicted molar refractivity (Wildman–Crippen MR) is 65.8 cm³/mol. The van der Waals surface area contributed by atoms with Gasteiger partial charge >= 0.3 is 0 Å². The molecule has 1 fully saturated rings. The van der Waals surface area contributed by atoms with E-state index in [1.807, 2.05) is 0 Å². The van der Waals surface area contributed by atoms with Crippen molar-refractivity contribution < 1.29 is 0 Å². The number of benzene rings is 1. The van der Waals surface area contributed by atoms with E-state index < -0.39 is 0 Å². The highest BCUT2D eigenvalue weighted by Crippen LogP contribution is 2.29. The summed E-state index contributed by atoms with van der Waals surface area (Å²) in [4.78, 5) is 0. The highest BCUT2D eigenvalue weighted by Gasteiger charge is 2.17. The van der Waals surface area contributed by atoms with E-state index in [9.17, 15) is 0 Å². The lowest BCUT2D eigenvalue weighted by Crippen LogP contribution is -2.28. The van der Waals surface area contributed by atoms with Gasteiger partial charge in [0.15, 0.2) is 0 Å². The first-order valence-corrected chi connectivity index (χ1v) is 6.03. The zero-order valence-corrected chi connectivity index (χ0v) is 10.2. The first-order valence-electron chi connectivity index (χ1n) is 5.66. The maximum absolute atomic E-state index is 6.11. The van der Waals surface area contributed by atoms with E-state index in [1.165, 1.54) is 36.1 Å². The number of aryl methyl sites for hydroxylation is 2. The lowest BCUT2D eigenvalue weighted by atomic mass is 9.88. The molecule has 82 valence electrons. The van der Waals surface area contributed by atoms with Crippen LogP contribution in [0, 0.1) is 13.8 Å². The first-order chi connectivity index (χ1) is 7.18. The van der Waals surface area contributed by atoms with Crippen LogP contribution in [0.3, 0.4) is 0 Å². The number of halogens is 1. The normalized spacial score (nSPS) is 21.7. The van der Waals surface area contributed by atoms with Crippen LogP contribution in [-0.4, -0.2) is 13.1 Å². The summed E-state index contributed by atoms with van der Waals surface area (Å²) in [7, 11) is 0. The van der Waals surface area contributed by atoms with Crippen LogP contribution in [0.15, 0.2) is 12.1 Å². The molecule has 0 bridgehead atoms. The fourth-order valence-corrected chi connectivity index (χ4v) is 2.58. The van der Waals surface area contributed by atoms with Crippen LogP contribution in [0.25, 0.3) is 0 Å². The van der Waals surface area contributed by atoms with E-state index in [0.717, 1.165) is 11.6 Å².